The van der Waals surface area contributed by atoms with E-state index in [1.165, 1.54) is 0 Å². The minimum Gasteiger partial charge on any atom is -0.480 e. The topological polar surface area (TPSA) is 101 Å². The molecule has 0 saturated heterocycles. The van der Waals surface area contributed by atoms with Gasteiger partial charge in [0, 0.05) is 6.92 Å². The van der Waals surface area contributed by atoms with Gasteiger partial charge in [-0.25, -0.2) is 13.2 Å². The molecule has 0 aliphatic rings. The fraction of sp³-hybridized carbons (Fsp3) is 0.385. The van der Waals surface area contributed by atoms with Crippen molar-refractivity contribution in [3.05, 3.63) is 35.4 Å². The summed E-state index contributed by atoms with van der Waals surface area (Å²) in [5.41, 5.74) is 1.59. The molecule has 110 valence electrons. The first-order valence-electron chi connectivity index (χ1n) is 5.95. The third-order valence-electron chi connectivity index (χ3n) is 2.60. The monoisotopic (exact) mass is 299 g/mol. The Kier molecular flexibility index (Phi) is 5.26. The number of carboxylic acids is 1. The Morgan fingerprint density at radius 1 is 1.25 bits per heavy atom. The Morgan fingerprint density at radius 3 is 2.25 bits per heavy atom. The molecular formula is C13H17NO5S. The van der Waals surface area contributed by atoms with Crippen LogP contribution in [0.5, 0.6) is 0 Å². The van der Waals surface area contributed by atoms with Crippen LogP contribution in [-0.4, -0.2) is 37.2 Å². The largest absolute Gasteiger partial charge is 0.480 e. The minimum atomic E-state index is -3.63. The van der Waals surface area contributed by atoms with Crippen molar-refractivity contribution in [2.24, 2.45) is 0 Å². The smallest absolute Gasteiger partial charge is 0.327 e. The van der Waals surface area contributed by atoms with Crippen molar-refractivity contribution in [3.8, 4) is 0 Å². The van der Waals surface area contributed by atoms with E-state index in [4.69, 9.17) is 5.11 Å². The number of nitrogens with one attached hydrogen (secondary N) is 1. The zero-order chi connectivity index (χ0) is 15.3. The molecule has 0 spiro atoms. The van der Waals surface area contributed by atoms with Crippen LogP contribution in [0, 0.1) is 6.92 Å². The van der Waals surface area contributed by atoms with E-state index in [1.54, 1.807) is 24.3 Å². The predicted octanol–water partition coefficient (Wildman–Crippen LogP) is 0.499. The molecule has 0 bridgehead atoms. The van der Waals surface area contributed by atoms with Crippen molar-refractivity contribution in [3.63, 3.8) is 0 Å². The van der Waals surface area contributed by atoms with Crippen molar-refractivity contribution in [1.82, 2.24) is 5.32 Å². The summed E-state index contributed by atoms with van der Waals surface area (Å²) in [5, 5.41) is 11.0. The van der Waals surface area contributed by atoms with Crippen LogP contribution >= 0.6 is 0 Å². The molecule has 6 nitrogen and oxygen atoms in total. The van der Waals surface area contributed by atoms with Crippen LogP contribution in [0.3, 0.4) is 0 Å². The second-order valence-corrected chi connectivity index (χ2v) is 6.74. The summed E-state index contributed by atoms with van der Waals surface area (Å²) in [7, 11) is -3.63. The first kappa shape index (κ1) is 16.2. The number of carboxylic acid groups (broad SMARTS) is 1. The van der Waals surface area contributed by atoms with Crippen LogP contribution in [0.4, 0.5) is 0 Å². The van der Waals surface area contributed by atoms with Crippen molar-refractivity contribution in [1.29, 1.82) is 0 Å². The number of hydrogen-bond donors (Lipinski definition) is 2. The van der Waals surface area contributed by atoms with E-state index >= 15 is 0 Å². The van der Waals surface area contributed by atoms with Gasteiger partial charge in [0.25, 0.3) is 0 Å². The molecule has 0 radical (unpaired) electrons. The molecule has 20 heavy (non-hydrogen) atoms. The third-order valence-corrected chi connectivity index (χ3v) is 4.22. The fourth-order valence-electron chi connectivity index (χ4n) is 1.67. The summed E-state index contributed by atoms with van der Waals surface area (Å²) in [5.74, 6) is -2.83. The number of amides is 1. The van der Waals surface area contributed by atoms with Gasteiger partial charge in [0.15, 0.2) is 9.84 Å². The Balaban J connectivity index is 2.79. The van der Waals surface area contributed by atoms with Gasteiger partial charge in [-0.2, -0.15) is 0 Å². The summed E-state index contributed by atoms with van der Waals surface area (Å²) >= 11 is 0. The van der Waals surface area contributed by atoms with E-state index in [9.17, 15) is 18.0 Å². The second-order valence-electron chi connectivity index (χ2n) is 4.63. The number of aryl methyl sites for hydroxylation is 1. The number of benzene rings is 1. The van der Waals surface area contributed by atoms with Gasteiger partial charge in [-0.1, -0.05) is 29.8 Å². The van der Waals surface area contributed by atoms with E-state index in [1.807, 2.05) is 6.92 Å². The lowest BCUT2D eigenvalue weighted by atomic mass is 10.2. The predicted molar refractivity (Wildman–Crippen MR) is 73.9 cm³/mol. The number of aliphatic carboxylic acids is 1. The maximum Gasteiger partial charge on any atom is 0.327 e. The molecule has 7 heteroatoms. The van der Waals surface area contributed by atoms with Crippen LogP contribution in [0.2, 0.25) is 0 Å². The zero-order valence-corrected chi connectivity index (χ0v) is 12.1. The highest BCUT2D eigenvalue weighted by Crippen LogP contribution is 2.09. The molecular weight excluding hydrogens is 282 g/mol. The van der Waals surface area contributed by atoms with Crippen LogP contribution in [0.15, 0.2) is 24.3 Å². The van der Waals surface area contributed by atoms with E-state index in [2.05, 4.69) is 5.32 Å². The fourth-order valence-corrected chi connectivity index (χ4v) is 3.22. The number of sulfone groups is 1. The quantitative estimate of drug-likeness (QED) is 0.796. The molecule has 1 aromatic rings. The lowest BCUT2D eigenvalue weighted by molar-refractivity contribution is -0.140. The molecule has 1 rings (SSSR count). The average Bonchev–Trinajstić information content (AvgIpc) is 2.30. The molecule has 0 unspecified atom stereocenters. The lowest BCUT2D eigenvalue weighted by Crippen LogP contribution is -2.44. The van der Waals surface area contributed by atoms with Gasteiger partial charge in [-0.05, 0) is 12.5 Å². The number of rotatable bonds is 6. The maximum atomic E-state index is 12.0. The molecule has 2 N–H and O–H groups in total. The Labute approximate surface area is 117 Å². The Hall–Kier alpha value is -1.89. The highest BCUT2D eigenvalue weighted by molar-refractivity contribution is 7.90. The first-order valence-corrected chi connectivity index (χ1v) is 7.77. The molecule has 0 aliphatic heterocycles. The highest BCUT2D eigenvalue weighted by Gasteiger charge is 2.26. The SMILES string of the molecule is CC(=O)N[C@@H](CS(=O)(=O)Cc1ccc(C)cc1)C(=O)O. The van der Waals surface area contributed by atoms with E-state index < -0.39 is 33.5 Å². The summed E-state index contributed by atoms with van der Waals surface area (Å²) in [6.07, 6.45) is 0. The van der Waals surface area contributed by atoms with Crippen LogP contribution in [0.25, 0.3) is 0 Å². The second kappa shape index (κ2) is 6.51. The average molecular weight is 299 g/mol. The highest BCUT2D eigenvalue weighted by atomic mass is 32.2. The number of hydrogen-bond acceptors (Lipinski definition) is 4. The van der Waals surface area contributed by atoms with Gasteiger partial charge in [0.1, 0.15) is 6.04 Å². The molecule has 1 aromatic carbocycles. The Bertz CT molecular complexity index is 592. The van der Waals surface area contributed by atoms with Crippen molar-refractivity contribution >= 4 is 21.7 Å². The zero-order valence-electron chi connectivity index (χ0n) is 11.3. The summed E-state index contributed by atoms with van der Waals surface area (Å²) < 4.78 is 23.9. The van der Waals surface area contributed by atoms with Crippen LogP contribution in [0.1, 0.15) is 18.1 Å². The molecule has 0 fully saturated rings. The number of carbonyl (C=O) groups is 2. The third kappa shape index (κ3) is 5.40. The van der Waals surface area contributed by atoms with Gasteiger partial charge in [-0.15, -0.1) is 0 Å². The van der Waals surface area contributed by atoms with Gasteiger partial charge >= 0.3 is 5.97 Å². The molecule has 1 amide bonds. The Morgan fingerprint density at radius 2 is 1.80 bits per heavy atom. The molecule has 0 aliphatic carbocycles. The van der Waals surface area contributed by atoms with Crippen LogP contribution < -0.4 is 5.32 Å². The van der Waals surface area contributed by atoms with E-state index in [-0.39, 0.29) is 5.75 Å². The van der Waals surface area contributed by atoms with E-state index in [0.717, 1.165) is 12.5 Å². The molecule has 0 heterocycles. The molecule has 0 saturated carbocycles. The summed E-state index contributed by atoms with van der Waals surface area (Å²) in [6.45, 7) is 3.03. The lowest BCUT2D eigenvalue weighted by Gasteiger charge is -2.13. The number of carbonyl (C=O) groups excluding carboxylic acids is 1. The normalized spacial score (nSPS) is 12.7. The van der Waals surface area contributed by atoms with Crippen molar-refractivity contribution in [2.45, 2.75) is 25.6 Å². The minimum absolute atomic E-state index is 0.253. The van der Waals surface area contributed by atoms with Gasteiger partial charge in [-0.3, -0.25) is 4.79 Å². The van der Waals surface area contributed by atoms with Crippen molar-refractivity contribution < 1.29 is 23.1 Å². The van der Waals surface area contributed by atoms with E-state index in [0.29, 0.717) is 5.56 Å². The van der Waals surface area contributed by atoms with Crippen molar-refractivity contribution in [2.75, 3.05) is 5.75 Å². The molecule has 1 atom stereocenters. The van der Waals surface area contributed by atoms with Gasteiger partial charge < -0.3 is 10.4 Å². The summed E-state index contributed by atoms with van der Waals surface area (Å²) in [4.78, 5) is 21.8. The van der Waals surface area contributed by atoms with Gasteiger partial charge in [0.2, 0.25) is 5.91 Å². The molecule has 0 aromatic heterocycles. The standard InChI is InChI=1S/C13H17NO5S/c1-9-3-5-11(6-4-9)7-20(18,19)8-12(13(16)17)14-10(2)15/h3-6,12H,7-8H2,1-2H3,(H,14,15)(H,16,17)/t12-/m0/s1. The maximum absolute atomic E-state index is 12.0. The first-order chi connectivity index (χ1) is 9.19. The van der Waals surface area contributed by atoms with Crippen LogP contribution in [-0.2, 0) is 25.2 Å². The van der Waals surface area contributed by atoms with Gasteiger partial charge in [0.05, 0.1) is 11.5 Å². The summed E-state index contributed by atoms with van der Waals surface area (Å²) in [6, 6.07) is 5.51.